The van der Waals surface area contributed by atoms with Crippen LogP contribution >= 0.6 is 0 Å². The molecule has 0 saturated heterocycles. The Morgan fingerprint density at radius 2 is 0.816 bits per heavy atom. The lowest BCUT2D eigenvalue weighted by atomic mass is 9.99. The summed E-state index contributed by atoms with van der Waals surface area (Å²) in [4.78, 5) is 4.83. The Hall–Kier alpha value is -8.69. The Morgan fingerprint density at radius 1 is 0.329 bits per heavy atom. The Labute approximate surface area is 445 Å². The Kier molecular flexibility index (Phi) is 10.5. The number of fused-ring (bicyclic) bond motifs is 11. The SMILES string of the molecule is C[Si](C)(C)c1ccc(N(c2ccc(-c3ccccc3)cc2)c2ccc3c(c2)oc2cc4ccc5c(c4cc23)c2ccc(N(c3ccc(-c4ccccc4)cc3)c3ccc([Si](C)(C)C)cc3)c3c4ccccc4n5c23)cc1. The molecule has 0 amide bonds. The van der Waals surface area contributed by atoms with Gasteiger partial charge in [-0.25, -0.2) is 0 Å². The number of nitrogens with zero attached hydrogens (tertiary/aromatic N) is 3. The first-order valence-corrected chi connectivity index (χ1v) is 33.6. The molecule has 3 aromatic heterocycles. The molecule has 0 spiro atoms. The van der Waals surface area contributed by atoms with Crippen LogP contribution in [-0.4, -0.2) is 20.5 Å². The molecule has 0 fully saturated rings. The topological polar surface area (TPSA) is 24.0 Å². The summed E-state index contributed by atoms with van der Waals surface area (Å²) >= 11 is 0. The summed E-state index contributed by atoms with van der Waals surface area (Å²) in [7, 11) is -3.04. The van der Waals surface area contributed by atoms with Gasteiger partial charge in [-0.3, -0.25) is 0 Å². The molecule has 0 N–H and O–H groups in total. The van der Waals surface area contributed by atoms with Crippen LogP contribution < -0.4 is 20.2 Å². The molecule has 0 saturated carbocycles. The number of furan rings is 1. The summed E-state index contributed by atoms with van der Waals surface area (Å²) in [5.74, 6) is 0. The number of rotatable bonds is 10. The van der Waals surface area contributed by atoms with Crippen molar-refractivity contribution in [2.45, 2.75) is 39.3 Å². The second kappa shape index (κ2) is 17.5. The first-order chi connectivity index (χ1) is 36.9. The molecule has 0 unspecified atom stereocenters. The predicted octanol–water partition coefficient (Wildman–Crippen LogP) is 19.3. The minimum Gasteiger partial charge on any atom is -0.456 e. The average Bonchev–Trinajstić information content (AvgIpc) is 4.24. The molecule has 366 valence electrons. The van der Waals surface area contributed by atoms with Gasteiger partial charge < -0.3 is 18.6 Å². The van der Waals surface area contributed by atoms with E-state index in [-0.39, 0.29) is 0 Å². The standard InChI is InChI=1S/C70H57N3OSi2/c1-75(2,3)56-35-30-52(31-36-56)71(51-26-21-48(22-27-51)46-15-9-7-10-16-46)55-34-39-58-62-45-61-50(43-66(62)74-67(58)44-55)25-41-64-68(61)60-40-42-65(69-59-19-13-14-20-63(59)73(64)70(60)69)72(54-32-37-57(38-33-54)76(4,5)6)53-28-23-49(24-29-53)47-17-11-8-12-18-47/h7-45H,1-6H3. The zero-order chi connectivity index (χ0) is 51.5. The minimum atomic E-state index is -1.54. The molecule has 0 aliphatic heterocycles. The quantitative estimate of drug-likeness (QED) is 0.128. The molecule has 11 aromatic carbocycles. The van der Waals surface area contributed by atoms with Crippen molar-refractivity contribution < 1.29 is 4.42 Å². The lowest BCUT2D eigenvalue weighted by Gasteiger charge is -2.28. The molecule has 14 aromatic rings. The van der Waals surface area contributed by atoms with Crippen molar-refractivity contribution >= 4 is 131 Å². The van der Waals surface area contributed by atoms with Crippen molar-refractivity contribution in [1.29, 1.82) is 0 Å². The fraction of sp³-hybridized carbons (Fsp3) is 0.0857. The summed E-state index contributed by atoms with van der Waals surface area (Å²) in [6.45, 7) is 14.5. The third kappa shape index (κ3) is 7.54. The third-order valence-electron chi connectivity index (χ3n) is 15.8. The van der Waals surface area contributed by atoms with E-state index in [1.165, 1.54) is 76.1 Å². The number of benzene rings is 11. The minimum absolute atomic E-state index is 0.864. The van der Waals surface area contributed by atoms with Crippen LogP contribution in [0.3, 0.4) is 0 Å². The molecule has 0 radical (unpaired) electrons. The van der Waals surface area contributed by atoms with Gasteiger partial charge in [0.2, 0.25) is 0 Å². The monoisotopic (exact) mass is 1010 g/mol. The zero-order valence-electron chi connectivity index (χ0n) is 43.8. The van der Waals surface area contributed by atoms with Gasteiger partial charge in [0.05, 0.1) is 38.4 Å². The number of hydrogen-bond acceptors (Lipinski definition) is 3. The Bertz CT molecular complexity index is 4490. The molecule has 3 heterocycles. The maximum absolute atomic E-state index is 6.90. The Balaban J connectivity index is 0.931. The van der Waals surface area contributed by atoms with Gasteiger partial charge in [0.15, 0.2) is 0 Å². The van der Waals surface area contributed by atoms with Crippen LogP contribution in [0.5, 0.6) is 0 Å². The van der Waals surface area contributed by atoms with Crippen molar-refractivity contribution in [3.63, 3.8) is 0 Å². The van der Waals surface area contributed by atoms with Crippen LogP contribution in [0.2, 0.25) is 39.3 Å². The van der Waals surface area contributed by atoms with Crippen molar-refractivity contribution in [3.05, 3.63) is 237 Å². The Morgan fingerprint density at radius 3 is 1.39 bits per heavy atom. The third-order valence-corrected chi connectivity index (χ3v) is 20.0. The van der Waals surface area contributed by atoms with E-state index in [4.69, 9.17) is 4.42 Å². The molecule has 4 nitrogen and oxygen atoms in total. The van der Waals surface area contributed by atoms with Crippen LogP contribution in [0.1, 0.15) is 0 Å². The molecular weight excluding hydrogens is 955 g/mol. The largest absolute Gasteiger partial charge is 0.456 e. The van der Waals surface area contributed by atoms with Gasteiger partial charge in [0.25, 0.3) is 0 Å². The van der Waals surface area contributed by atoms with E-state index in [1.807, 2.05) is 0 Å². The fourth-order valence-corrected chi connectivity index (χ4v) is 14.2. The van der Waals surface area contributed by atoms with Crippen molar-refractivity contribution in [2.24, 2.45) is 0 Å². The normalized spacial score (nSPS) is 12.3. The number of hydrogen-bond donors (Lipinski definition) is 0. The van der Waals surface area contributed by atoms with Gasteiger partial charge in [-0.15, -0.1) is 0 Å². The summed E-state index contributed by atoms with van der Waals surface area (Å²) < 4.78 is 9.42. The molecule has 0 bridgehead atoms. The molecule has 0 aliphatic carbocycles. The van der Waals surface area contributed by atoms with Crippen molar-refractivity contribution in [3.8, 4) is 22.3 Å². The highest BCUT2D eigenvalue weighted by atomic mass is 28.3. The van der Waals surface area contributed by atoms with Crippen molar-refractivity contribution in [2.75, 3.05) is 9.80 Å². The van der Waals surface area contributed by atoms with E-state index < -0.39 is 16.1 Å². The van der Waals surface area contributed by atoms with E-state index in [0.717, 1.165) is 61.4 Å². The predicted molar refractivity (Wildman–Crippen MR) is 332 cm³/mol. The van der Waals surface area contributed by atoms with Crippen LogP contribution in [0.4, 0.5) is 34.1 Å². The van der Waals surface area contributed by atoms with Gasteiger partial charge >= 0.3 is 0 Å². The zero-order valence-corrected chi connectivity index (χ0v) is 45.8. The van der Waals surface area contributed by atoms with Crippen LogP contribution in [0.15, 0.2) is 241 Å². The number of aromatic nitrogens is 1. The van der Waals surface area contributed by atoms with Gasteiger partial charge in [0, 0.05) is 66.8 Å². The molecule has 0 aliphatic rings. The van der Waals surface area contributed by atoms with Crippen molar-refractivity contribution in [1.82, 2.24) is 4.40 Å². The van der Waals surface area contributed by atoms with Gasteiger partial charge in [-0.1, -0.05) is 189 Å². The van der Waals surface area contributed by atoms with E-state index in [1.54, 1.807) is 0 Å². The molecule has 0 atom stereocenters. The van der Waals surface area contributed by atoms with Gasteiger partial charge in [0.1, 0.15) is 11.2 Å². The average molecular weight is 1010 g/mol. The maximum Gasteiger partial charge on any atom is 0.137 e. The highest BCUT2D eigenvalue weighted by Gasteiger charge is 2.27. The molecule has 76 heavy (non-hydrogen) atoms. The first kappa shape index (κ1) is 45.9. The van der Waals surface area contributed by atoms with E-state index in [2.05, 4.69) is 290 Å². The lowest BCUT2D eigenvalue weighted by molar-refractivity contribution is 0.669. The smallest absolute Gasteiger partial charge is 0.137 e. The van der Waals surface area contributed by atoms with Gasteiger partial charge in [-0.2, -0.15) is 0 Å². The second-order valence-electron chi connectivity index (χ2n) is 22.6. The molecule has 14 rings (SSSR count). The van der Waals surface area contributed by atoms with Gasteiger partial charge in [-0.05, 0) is 124 Å². The van der Waals surface area contributed by atoms with E-state index >= 15 is 0 Å². The van der Waals surface area contributed by atoms with Crippen LogP contribution in [0, 0.1) is 0 Å². The van der Waals surface area contributed by atoms with Crippen LogP contribution in [0.25, 0.3) is 93.1 Å². The molecular formula is C70H57N3OSi2. The van der Waals surface area contributed by atoms with E-state index in [9.17, 15) is 0 Å². The second-order valence-corrected chi connectivity index (χ2v) is 32.8. The van der Waals surface area contributed by atoms with Crippen LogP contribution in [-0.2, 0) is 0 Å². The summed E-state index contributed by atoms with van der Waals surface area (Å²) in [5, 5.41) is 12.5. The summed E-state index contributed by atoms with van der Waals surface area (Å²) in [6.07, 6.45) is 0. The summed E-state index contributed by atoms with van der Waals surface area (Å²) in [5.41, 5.74) is 16.9. The van der Waals surface area contributed by atoms with E-state index in [0.29, 0.717) is 0 Å². The maximum atomic E-state index is 6.90. The highest BCUT2D eigenvalue weighted by Crippen LogP contribution is 2.49. The fourth-order valence-electron chi connectivity index (χ4n) is 11.9. The lowest BCUT2D eigenvalue weighted by Crippen LogP contribution is -2.37. The molecule has 6 heteroatoms. The summed E-state index contributed by atoms with van der Waals surface area (Å²) in [6, 6.07) is 87.5. The number of para-hydroxylation sites is 1. The number of anilines is 6. The highest BCUT2D eigenvalue weighted by molar-refractivity contribution is 6.89. The first-order valence-electron chi connectivity index (χ1n) is 26.6.